The number of quaternary nitrogens is 2. The molecule has 3 N–H and O–H groups in total. The first-order valence-corrected chi connectivity index (χ1v) is 10.9. The first kappa shape index (κ1) is 19.9. The van der Waals surface area contributed by atoms with Crippen LogP contribution in [0.25, 0.3) is 0 Å². The van der Waals surface area contributed by atoms with Gasteiger partial charge in [-0.05, 0) is 48.2 Å². The van der Waals surface area contributed by atoms with Crippen molar-refractivity contribution in [3.05, 3.63) is 64.7 Å². The molecule has 2 aromatic rings. The van der Waals surface area contributed by atoms with E-state index in [-0.39, 0.29) is 5.91 Å². The van der Waals surface area contributed by atoms with E-state index in [4.69, 9.17) is 4.74 Å². The molecule has 1 saturated heterocycles. The van der Waals surface area contributed by atoms with Crippen LogP contribution in [0.1, 0.15) is 22.3 Å². The minimum absolute atomic E-state index is 0.177. The van der Waals surface area contributed by atoms with Crippen LogP contribution in [0.15, 0.2) is 42.5 Å². The van der Waals surface area contributed by atoms with Gasteiger partial charge in [0.15, 0.2) is 6.54 Å². The number of nitrogens with one attached hydrogen (secondary N) is 3. The third kappa shape index (κ3) is 5.37. The number of carbonyl (C=O) groups is 1. The summed E-state index contributed by atoms with van der Waals surface area (Å²) in [7, 11) is 0. The SMILES string of the molecule is Cc1ccccc1CCNC(=O)C[NH+]1CC[NH+](Cc2ccc3c(c2)CCO3)CC1. The zero-order chi connectivity index (χ0) is 20.1. The van der Waals surface area contributed by atoms with Gasteiger partial charge in [0.2, 0.25) is 0 Å². The molecule has 2 aliphatic rings. The largest absolute Gasteiger partial charge is 0.493 e. The van der Waals surface area contributed by atoms with Gasteiger partial charge in [0.05, 0.1) is 6.61 Å². The molecule has 0 radical (unpaired) electrons. The molecular formula is C24H33N3O2+2. The standard InChI is InChI=1S/C24H31N3O2/c1-19-4-2-3-5-21(19)8-10-25-24(28)18-27-13-11-26(12-14-27)17-20-6-7-23-22(16-20)9-15-29-23/h2-7,16H,8-15,17-18H2,1H3,(H,25,28)/p+2. The van der Waals surface area contributed by atoms with Crippen LogP contribution in [-0.4, -0.2) is 51.8 Å². The number of hydrogen-bond acceptors (Lipinski definition) is 2. The van der Waals surface area contributed by atoms with E-state index >= 15 is 0 Å². The van der Waals surface area contributed by atoms with Gasteiger partial charge in [-0.3, -0.25) is 4.79 Å². The molecule has 4 rings (SSSR count). The van der Waals surface area contributed by atoms with E-state index in [2.05, 4.69) is 54.7 Å². The van der Waals surface area contributed by atoms with Crippen LogP contribution < -0.4 is 19.9 Å². The Morgan fingerprint density at radius 1 is 1.07 bits per heavy atom. The van der Waals surface area contributed by atoms with Crippen molar-refractivity contribution in [2.45, 2.75) is 26.3 Å². The number of carbonyl (C=O) groups excluding carboxylic acids is 1. The van der Waals surface area contributed by atoms with Crippen LogP contribution in [0.3, 0.4) is 0 Å². The number of amides is 1. The van der Waals surface area contributed by atoms with Gasteiger partial charge in [0.25, 0.3) is 5.91 Å². The molecular weight excluding hydrogens is 362 g/mol. The Balaban J connectivity index is 1.16. The molecule has 2 aliphatic heterocycles. The smallest absolute Gasteiger partial charge is 0.275 e. The third-order valence-electron chi connectivity index (χ3n) is 6.26. The fraction of sp³-hybridized carbons (Fsp3) is 0.458. The molecule has 0 unspecified atom stereocenters. The summed E-state index contributed by atoms with van der Waals surface area (Å²) in [5, 5.41) is 3.10. The molecule has 1 fully saturated rings. The maximum atomic E-state index is 12.3. The molecule has 0 atom stereocenters. The monoisotopic (exact) mass is 395 g/mol. The van der Waals surface area contributed by atoms with E-state index in [0.29, 0.717) is 6.54 Å². The minimum atomic E-state index is 0.177. The number of piperazine rings is 1. The van der Waals surface area contributed by atoms with Crippen LogP contribution in [-0.2, 0) is 24.2 Å². The Bertz CT molecular complexity index is 844. The predicted molar refractivity (Wildman–Crippen MR) is 113 cm³/mol. The van der Waals surface area contributed by atoms with Crippen molar-refractivity contribution >= 4 is 5.91 Å². The molecule has 0 aromatic heterocycles. The fourth-order valence-corrected chi connectivity index (χ4v) is 4.47. The summed E-state index contributed by atoms with van der Waals surface area (Å²) < 4.78 is 5.61. The first-order valence-electron chi connectivity index (χ1n) is 10.9. The molecule has 2 heterocycles. The highest BCUT2D eigenvalue weighted by atomic mass is 16.5. The third-order valence-corrected chi connectivity index (χ3v) is 6.26. The lowest BCUT2D eigenvalue weighted by Gasteiger charge is -2.29. The summed E-state index contributed by atoms with van der Waals surface area (Å²) in [5.74, 6) is 1.24. The Morgan fingerprint density at radius 2 is 1.86 bits per heavy atom. The number of benzene rings is 2. The van der Waals surface area contributed by atoms with Gasteiger partial charge >= 0.3 is 0 Å². The van der Waals surface area contributed by atoms with Gasteiger partial charge in [0, 0.05) is 18.5 Å². The van der Waals surface area contributed by atoms with E-state index in [1.54, 1.807) is 4.90 Å². The van der Waals surface area contributed by atoms with Gasteiger partial charge in [-0.1, -0.05) is 24.3 Å². The van der Waals surface area contributed by atoms with Crippen LogP contribution in [0.5, 0.6) is 5.75 Å². The number of hydrogen-bond donors (Lipinski definition) is 3. The highest BCUT2D eigenvalue weighted by molar-refractivity contribution is 5.76. The Morgan fingerprint density at radius 3 is 2.69 bits per heavy atom. The highest BCUT2D eigenvalue weighted by Gasteiger charge is 2.25. The number of fused-ring (bicyclic) bond motifs is 1. The van der Waals surface area contributed by atoms with Gasteiger partial charge in [0.1, 0.15) is 38.5 Å². The molecule has 0 spiro atoms. The van der Waals surface area contributed by atoms with Crippen molar-refractivity contribution < 1.29 is 19.3 Å². The molecule has 0 aliphatic carbocycles. The Labute approximate surface area is 173 Å². The van der Waals surface area contributed by atoms with Crippen molar-refractivity contribution in [2.75, 3.05) is 45.9 Å². The topological polar surface area (TPSA) is 47.2 Å². The zero-order valence-electron chi connectivity index (χ0n) is 17.4. The average molecular weight is 396 g/mol. The van der Waals surface area contributed by atoms with Crippen LogP contribution in [0, 0.1) is 6.92 Å². The summed E-state index contributed by atoms with van der Waals surface area (Å²) in [6, 6.07) is 15.0. The maximum Gasteiger partial charge on any atom is 0.275 e. The van der Waals surface area contributed by atoms with Crippen molar-refractivity contribution in [3.63, 3.8) is 0 Å². The van der Waals surface area contributed by atoms with E-state index in [1.165, 1.54) is 27.2 Å². The van der Waals surface area contributed by atoms with E-state index in [9.17, 15) is 4.79 Å². The van der Waals surface area contributed by atoms with Gasteiger partial charge in [-0.2, -0.15) is 0 Å². The molecule has 2 aromatic carbocycles. The van der Waals surface area contributed by atoms with Crippen molar-refractivity contribution in [3.8, 4) is 5.75 Å². The quantitative estimate of drug-likeness (QED) is 0.596. The molecule has 1 amide bonds. The second kappa shape index (κ2) is 9.42. The van der Waals surface area contributed by atoms with Crippen molar-refractivity contribution in [1.29, 1.82) is 0 Å². The van der Waals surface area contributed by atoms with Crippen LogP contribution >= 0.6 is 0 Å². The number of rotatable bonds is 7. The molecule has 5 heteroatoms. The highest BCUT2D eigenvalue weighted by Crippen LogP contribution is 2.25. The van der Waals surface area contributed by atoms with Crippen LogP contribution in [0.4, 0.5) is 0 Å². The van der Waals surface area contributed by atoms with E-state index in [0.717, 1.165) is 64.5 Å². The summed E-state index contributed by atoms with van der Waals surface area (Å²) in [4.78, 5) is 15.3. The van der Waals surface area contributed by atoms with Gasteiger partial charge in [-0.25, -0.2) is 0 Å². The lowest BCUT2D eigenvalue weighted by molar-refractivity contribution is -1.02. The second-order valence-corrected chi connectivity index (χ2v) is 8.42. The summed E-state index contributed by atoms with van der Waals surface area (Å²) in [5.41, 5.74) is 5.37. The summed E-state index contributed by atoms with van der Waals surface area (Å²) in [6.45, 7) is 9.71. The molecule has 154 valence electrons. The fourth-order valence-electron chi connectivity index (χ4n) is 4.47. The van der Waals surface area contributed by atoms with E-state index < -0.39 is 0 Å². The molecule has 29 heavy (non-hydrogen) atoms. The Hall–Kier alpha value is -2.37. The lowest BCUT2D eigenvalue weighted by atomic mass is 10.1. The molecule has 0 saturated carbocycles. The van der Waals surface area contributed by atoms with E-state index in [1.807, 2.05) is 0 Å². The van der Waals surface area contributed by atoms with Gasteiger partial charge in [-0.15, -0.1) is 0 Å². The zero-order valence-corrected chi connectivity index (χ0v) is 17.4. The summed E-state index contributed by atoms with van der Waals surface area (Å²) in [6.07, 6.45) is 1.94. The lowest BCUT2D eigenvalue weighted by Crippen LogP contribution is -3.28. The number of ether oxygens (including phenoxy) is 1. The Kier molecular flexibility index (Phi) is 6.47. The second-order valence-electron chi connectivity index (χ2n) is 8.42. The number of aryl methyl sites for hydroxylation is 1. The minimum Gasteiger partial charge on any atom is -0.493 e. The normalized spacial score (nSPS) is 20.7. The maximum absolute atomic E-state index is 12.3. The molecule has 5 nitrogen and oxygen atoms in total. The summed E-state index contributed by atoms with van der Waals surface area (Å²) >= 11 is 0. The average Bonchev–Trinajstić information content (AvgIpc) is 3.19. The first-order chi connectivity index (χ1) is 14.2. The predicted octanol–water partition coefficient (Wildman–Crippen LogP) is -0.428. The van der Waals surface area contributed by atoms with Crippen molar-refractivity contribution in [1.82, 2.24) is 5.32 Å². The van der Waals surface area contributed by atoms with Crippen molar-refractivity contribution in [2.24, 2.45) is 0 Å². The van der Waals surface area contributed by atoms with Crippen LogP contribution in [0.2, 0.25) is 0 Å². The molecule has 0 bridgehead atoms. The van der Waals surface area contributed by atoms with Gasteiger partial charge < -0.3 is 19.9 Å².